The minimum atomic E-state index is -0.207. The topological polar surface area (TPSA) is 31.4 Å². The van der Waals surface area contributed by atoms with Crippen LogP contribution in [-0.4, -0.2) is 20.1 Å². The Morgan fingerprint density at radius 3 is 1.17 bits per heavy atom. The summed E-state index contributed by atoms with van der Waals surface area (Å²) in [5.41, 5.74) is 27.4. The first-order valence-corrected chi connectivity index (χ1v) is 29.2. The van der Waals surface area contributed by atoms with E-state index in [0.717, 1.165) is 119 Å². The fourth-order valence-corrected chi connectivity index (χ4v) is 14.9. The molecule has 0 spiro atoms. The Hall–Kier alpha value is -10.4. The summed E-state index contributed by atoms with van der Waals surface area (Å²) in [6.45, 7) is 6.24. The second-order valence-electron chi connectivity index (χ2n) is 22.9. The van der Waals surface area contributed by atoms with Crippen LogP contribution in [0.5, 0.6) is 23.0 Å². The summed E-state index contributed by atoms with van der Waals surface area (Å²) in [5.74, 6) is 3.27. The zero-order valence-corrected chi connectivity index (χ0v) is 46.7. The largest absolute Gasteiger partial charge is 0.459 e. The van der Waals surface area contributed by atoms with Gasteiger partial charge >= 0.3 is 0 Å². The molecule has 0 atom stereocenters. The summed E-state index contributed by atoms with van der Waals surface area (Å²) >= 11 is 0. The van der Waals surface area contributed by atoms with Crippen molar-refractivity contribution in [1.29, 1.82) is 0 Å². The smallest absolute Gasteiger partial charge is 0.256 e. The van der Waals surface area contributed by atoms with Crippen LogP contribution in [0.3, 0.4) is 0 Å². The summed E-state index contributed by atoms with van der Waals surface area (Å²) in [7, 11) is 0. The minimum Gasteiger partial charge on any atom is -0.459 e. The Balaban J connectivity index is 0.950. The molecule has 17 rings (SSSR count). The lowest BCUT2D eigenvalue weighted by molar-refractivity contribution is 0.467. The SMILES string of the molecule is Cc1cc(C)c(B2c3ccccc3N(c3ccccc3)c3cc4c5c(c32)Oc2cc3c(cc2B5c2ccccc2N4c2ccccc2)B2c4ccccc4N(c4ccccc4)c4cc(N(c5ccccc5)c5ccccc5)cc(c42)O3)c(C)c1. The molecular weight excluding hydrogens is 1020 g/mol. The van der Waals surface area contributed by atoms with Crippen molar-refractivity contribution in [2.24, 2.45) is 0 Å². The zero-order valence-electron chi connectivity index (χ0n) is 46.7. The van der Waals surface area contributed by atoms with E-state index in [4.69, 9.17) is 9.47 Å². The van der Waals surface area contributed by atoms with Crippen molar-refractivity contribution in [1.82, 2.24) is 0 Å². The normalized spacial score (nSPS) is 13.5. The van der Waals surface area contributed by atoms with Gasteiger partial charge in [0.1, 0.15) is 23.0 Å². The predicted octanol–water partition coefficient (Wildman–Crippen LogP) is 13.2. The number of fused-ring (bicyclic) bond motifs is 11. The average Bonchev–Trinajstić information content (AvgIpc) is 0.738. The Morgan fingerprint density at radius 2 is 0.679 bits per heavy atom. The summed E-state index contributed by atoms with van der Waals surface area (Å²) < 4.78 is 15.6. The molecule has 5 aliphatic rings. The molecule has 5 aliphatic heterocycles. The van der Waals surface area contributed by atoms with Crippen LogP contribution in [0.1, 0.15) is 16.7 Å². The Kier molecular flexibility index (Phi) is 10.8. The molecule has 12 aromatic rings. The number of anilines is 12. The Bertz CT molecular complexity index is 4580. The third kappa shape index (κ3) is 7.21. The highest BCUT2D eigenvalue weighted by Gasteiger charge is 2.50. The van der Waals surface area contributed by atoms with Gasteiger partial charge in [0, 0.05) is 74.7 Å². The fourth-order valence-electron chi connectivity index (χ4n) is 14.9. The third-order valence-electron chi connectivity index (χ3n) is 18.0. The van der Waals surface area contributed by atoms with Crippen molar-refractivity contribution >= 4 is 138 Å². The lowest BCUT2D eigenvalue weighted by atomic mass is 9.29. The zero-order chi connectivity index (χ0) is 55.7. The van der Waals surface area contributed by atoms with Crippen molar-refractivity contribution in [2.75, 3.05) is 19.6 Å². The van der Waals surface area contributed by atoms with Gasteiger partial charge in [-0.3, -0.25) is 0 Å². The molecule has 0 aliphatic carbocycles. The van der Waals surface area contributed by atoms with Gasteiger partial charge in [-0.05, 0) is 155 Å². The molecule has 0 N–H and O–H groups in total. The van der Waals surface area contributed by atoms with Crippen LogP contribution in [0.2, 0.25) is 0 Å². The number of rotatable bonds is 7. The minimum absolute atomic E-state index is 0.164. The predicted molar refractivity (Wildman–Crippen MR) is 353 cm³/mol. The maximum atomic E-state index is 8.01. The van der Waals surface area contributed by atoms with E-state index in [0.29, 0.717) is 0 Å². The standard InChI is InChI=1S/C75H53B3N4O2/c1-48-41-49(2)71(50(3)42-48)78-59-37-21-24-40-64(59)82(55-33-17-8-18-34-55)67-46-66-73-75(74(67)78)84-69-47-68-60(45-61(69)77(73)58-36-20-23-39-63(58)81(66)54-31-15-7-16-32-54)76-57-35-19-22-38-62(57)80(53-29-13-6-14-30-53)65-43-56(44-70(83-68)72(65)76)79(51-25-9-4-10-26-51)52-27-11-5-12-28-52/h4-47H,1-3H3. The van der Waals surface area contributed by atoms with Gasteiger partial charge in [0.2, 0.25) is 0 Å². The molecule has 12 aromatic carbocycles. The van der Waals surface area contributed by atoms with Gasteiger partial charge in [-0.25, -0.2) is 0 Å². The van der Waals surface area contributed by atoms with Crippen molar-refractivity contribution in [3.63, 3.8) is 0 Å². The number of benzene rings is 12. The number of hydrogen-bond acceptors (Lipinski definition) is 6. The first kappa shape index (κ1) is 48.4. The third-order valence-corrected chi connectivity index (χ3v) is 18.0. The summed E-state index contributed by atoms with van der Waals surface area (Å²) in [6, 6.07) is 97.4. The fraction of sp³-hybridized carbons (Fsp3) is 0.0400. The van der Waals surface area contributed by atoms with Gasteiger partial charge < -0.3 is 29.1 Å². The number of para-hydroxylation sites is 8. The van der Waals surface area contributed by atoms with Gasteiger partial charge in [-0.15, -0.1) is 0 Å². The van der Waals surface area contributed by atoms with Crippen molar-refractivity contribution in [3.8, 4) is 23.0 Å². The summed E-state index contributed by atoms with van der Waals surface area (Å²) in [4.78, 5) is 9.73. The molecule has 6 nitrogen and oxygen atoms in total. The van der Waals surface area contributed by atoms with Crippen LogP contribution in [0, 0.1) is 20.8 Å². The van der Waals surface area contributed by atoms with Crippen LogP contribution < -0.4 is 78.2 Å². The molecular formula is C75H53B3N4O2. The monoisotopic (exact) mass is 1070 g/mol. The quantitative estimate of drug-likeness (QED) is 0.148. The number of hydrogen-bond donors (Lipinski definition) is 0. The second-order valence-corrected chi connectivity index (χ2v) is 22.9. The summed E-state index contributed by atoms with van der Waals surface area (Å²) in [6.07, 6.45) is 0. The van der Waals surface area contributed by atoms with E-state index in [-0.39, 0.29) is 20.1 Å². The van der Waals surface area contributed by atoms with Gasteiger partial charge in [0.05, 0.1) is 5.69 Å². The van der Waals surface area contributed by atoms with Crippen LogP contribution in [0.15, 0.2) is 267 Å². The maximum Gasteiger partial charge on any atom is 0.256 e. The number of aryl methyl sites for hydroxylation is 3. The highest BCUT2D eigenvalue weighted by Crippen LogP contribution is 2.49. The van der Waals surface area contributed by atoms with E-state index in [9.17, 15) is 0 Å². The van der Waals surface area contributed by atoms with Gasteiger partial charge in [0.25, 0.3) is 20.1 Å². The second kappa shape index (κ2) is 18.8. The van der Waals surface area contributed by atoms with Crippen molar-refractivity contribution in [3.05, 3.63) is 284 Å². The van der Waals surface area contributed by atoms with Gasteiger partial charge in [0.15, 0.2) is 0 Å². The van der Waals surface area contributed by atoms with E-state index in [2.05, 4.69) is 307 Å². The highest BCUT2D eigenvalue weighted by atomic mass is 16.5. The number of ether oxygens (including phenoxy) is 2. The van der Waals surface area contributed by atoms with Crippen LogP contribution >= 0.6 is 0 Å². The molecule has 0 amide bonds. The molecule has 0 fully saturated rings. The molecule has 0 saturated carbocycles. The van der Waals surface area contributed by atoms with Gasteiger partial charge in [-0.1, -0.05) is 186 Å². The van der Waals surface area contributed by atoms with Crippen molar-refractivity contribution < 1.29 is 9.47 Å². The lowest BCUT2D eigenvalue weighted by Gasteiger charge is -2.45. The van der Waals surface area contributed by atoms with E-state index < -0.39 is 0 Å². The molecule has 394 valence electrons. The van der Waals surface area contributed by atoms with Gasteiger partial charge in [-0.2, -0.15) is 0 Å². The molecule has 0 aromatic heterocycles. The number of nitrogens with zero attached hydrogens (tertiary/aromatic N) is 4. The highest BCUT2D eigenvalue weighted by molar-refractivity contribution is 7.04. The maximum absolute atomic E-state index is 8.01. The molecule has 0 saturated heterocycles. The van der Waals surface area contributed by atoms with E-state index in [1.165, 1.54) is 38.5 Å². The molecule has 0 radical (unpaired) electrons. The van der Waals surface area contributed by atoms with Crippen LogP contribution in [-0.2, 0) is 0 Å². The first-order chi connectivity index (χ1) is 41.4. The summed E-state index contributed by atoms with van der Waals surface area (Å²) in [5, 5.41) is 0. The van der Waals surface area contributed by atoms with Crippen LogP contribution in [0.25, 0.3) is 0 Å². The average molecular weight is 1070 g/mol. The molecule has 0 unspecified atom stereocenters. The Labute approximate surface area is 491 Å². The van der Waals surface area contributed by atoms with Crippen LogP contribution in [0.4, 0.5) is 68.2 Å². The molecule has 5 heterocycles. The van der Waals surface area contributed by atoms with E-state index in [1.807, 2.05) is 0 Å². The molecule has 84 heavy (non-hydrogen) atoms. The first-order valence-electron chi connectivity index (χ1n) is 29.2. The van der Waals surface area contributed by atoms with E-state index >= 15 is 0 Å². The Morgan fingerprint density at radius 1 is 0.286 bits per heavy atom. The molecule has 9 heteroatoms. The lowest BCUT2D eigenvalue weighted by Crippen LogP contribution is -2.65. The van der Waals surface area contributed by atoms with E-state index in [1.54, 1.807) is 0 Å². The molecule has 0 bridgehead atoms. The van der Waals surface area contributed by atoms with Crippen molar-refractivity contribution in [2.45, 2.75) is 20.8 Å².